The normalized spacial score (nSPS) is 22.4. The van der Waals surface area contributed by atoms with Crippen LogP contribution in [0.15, 0.2) is 18.2 Å². The molecule has 4 nitrogen and oxygen atoms in total. The summed E-state index contributed by atoms with van der Waals surface area (Å²) in [6.45, 7) is 3.10. The highest BCUT2D eigenvalue weighted by Gasteiger charge is 2.37. The van der Waals surface area contributed by atoms with Gasteiger partial charge in [0.05, 0.1) is 0 Å². The van der Waals surface area contributed by atoms with Crippen LogP contribution in [0.25, 0.3) is 0 Å². The lowest BCUT2D eigenvalue weighted by Crippen LogP contribution is -2.36. The van der Waals surface area contributed by atoms with Gasteiger partial charge in [-0.1, -0.05) is 13.3 Å². The Bertz CT molecular complexity index is 510. The maximum atomic E-state index is 13.6. The highest BCUT2D eigenvalue weighted by atomic mass is 19.1. The fourth-order valence-corrected chi connectivity index (χ4v) is 2.56. The van der Waals surface area contributed by atoms with E-state index in [2.05, 4.69) is 0 Å². The molecule has 0 aliphatic carbocycles. The van der Waals surface area contributed by atoms with Crippen molar-refractivity contribution in [3.8, 4) is 5.75 Å². The van der Waals surface area contributed by atoms with Gasteiger partial charge in [0, 0.05) is 19.0 Å². The van der Waals surface area contributed by atoms with Gasteiger partial charge < -0.3 is 9.84 Å². The first-order chi connectivity index (χ1) is 10.0. The number of carboxylic acid groups (broad SMARTS) is 1. The first-order valence-electron chi connectivity index (χ1n) is 7.09. The summed E-state index contributed by atoms with van der Waals surface area (Å²) in [6.07, 6.45) is 1.69. The molecule has 0 unspecified atom stereocenters. The molecule has 0 spiro atoms. The summed E-state index contributed by atoms with van der Waals surface area (Å²) in [5.41, 5.74) is 0. The number of nitrogens with zero attached hydrogens (tertiary/aromatic N) is 1. The lowest BCUT2D eigenvalue weighted by atomic mass is 10.2. The number of hydrogen-bond donors (Lipinski definition) is 1. The van der Waals surface area contributed by atoms with E-state index >= 15 is 0 Å². The largest absolute Gasteiger partial charge is 0.486 e. The van der Waals surface area contributed by atoms with Crippen molar-refractivity contribution in [3.05, 3.63) is 29.8 Å². The average Bonchev–Trinajstić information content (AvgIpc) is 2.84. The number of ether oxygens (including phenoxy) is 1. The van der Waals surface area contributed by atoms with E-state index in [4.69, 9.17) is 4.74 Å². The number of likely N-dealkylation sites (tertiary alicyclic amines) is 1. The monoisotopic (exact) mass is 299 g/mol. The Kier molecular flexibility index (Phi) is 5.12. The second kappa shape index (κ2) is 6.85. The van der Waals surface area contributed by atoms with Crippen molar-refractivity contribution in [2.45, 2.75) is 38.3 Å². The molecule has 0 amide bonds. The summed E-state index contributed by atoms with van der Waals surface area (Å²) in [7, 11) is 0. The van der Waals surface area contributed by atoms with Crippen LogP contribution < -0.4 is 4.74 Å². The van der Waals surface area contributed by atoms with E-state index in [1.807, 2.05) is 11.8 Å². The van der Waals surface area contributed by atoms with Gasteiger partial charge in [-0.15, -0.1) is 0 Å². The summed E-state index contributed by atoms with van der Waals surface area (Å²) >= 11 is 0. The third-order valence-corrected chi connectivity index (χ3v) is 3.64. The molecule has 0 radical (unpaired) electrons. The van der Waals surface area contributed by atoms with Crippen molar-refractivity contribution >= 4 is 5.97 Å². The van der Waals surface area contributed by atoms with E-state index in [0.717, 1.165) is 31.0 Å². The van der Waals surface area contributed by atoms with Gasteiger partial charge in [0.15, 0.2) is 11.6 Å². The Morgan fingerprint density at radius 3 is 2.90 bits per heavy atom. The number of aliphatic carboxylic acids is 1. The minimum atomic E-state index is -0.906. The molecule has 0 aromatic heterocycles. The molecular weight excluding hydrogens is 280 g/mol. The minimum absolute atomic E-state index is 0.165. The van der Waals surface area contributed by atoms with Gasteiger partial charge in [-0.05, 0) is 25.1 Å². The molecule has 1 aliphatic rings. The predicted octanol–water partition coefficient (Wildman–Crippen LogP) is 2.67. The molecule has 2 rings (SSSR count). The van der Waals surface area contributed by atoms with Crippen molar-refractivity contribution < 1.29 is 23.4 Å². The average molecular weight is 299 g/mol. The second-order valence-corrected chi connectivity index (χ2v) is 5.25. The topological polar surface area (TPSA) is 49.8 Å². The van der Waals surface area contributed by atoms with Crippen LogP contribution in [0.3, 0.4) is 0 Å². The molecule has 6 heteroatoms. The van der Waals surface area contributed by atoms with Gasteiger partial charge in [-0.3, -0.25) is 9.69 Å². The quantitative estimate of drug-likeness (QED) is 0.877. The molecule has 1 aliphatic heterocycles. The van der Waals surface area contributed by atoms with Crippen molar-refractivity contribution in [1.82, 2.24) is 4.90 Å². The van der Waals surface area contributed by atoms with Gasteiger partial charge in [0.25, 0.3) is 0 Å². The minimum Gasteiger partial charge on any atom is -0.486 e. The molecule has 0 saturated carbocycles. The molecule has 1 N–H and O–H groups in total. The van der Waals surface area contributed by atoms with Crippen LogP contribution in [0.5, 0.6) is 5.75 Å². The zero-order valence-corrected chi connectivity index (χ0v) is 11.9. The number of rotatable bonds is 6. The Morgan fingerprint density at radius 1 is 1.48 bits per heavy atom. The summed E-state index contributed by atoms with van der Waals surface area (Å²) in [5.74, 6) is -2.30. The van der Waals surface area contributed by atoms with Crippen LogP contribution >= 0.6 is 0 Å². The number of halogens is 2. The molecule has 1 saturated heterocycles. The van der Waals surface area contributed by atoms with Gasteiger partial charge >= 0.3 is 5.97 Å². The molecule has 1 heterocycles. The standard InChI is InChI=1S/C15H19F2NO3/c1-2-3-6-18-9-11(8-13(18)15(19)20)21-14-7-10(16)4-5-12(14)17/h4-5,7,11,13H,2-3,6,8-9H2,1H3,(H,19,20)/t11-,13+/m1/s1. The lowest BCUT2D eigenvalue weighted by molar-refractivity contribution is -0.142. The summed E-state index contributed by atoms with van der Waals surface area (Å²) in [5, 5.41) is 9.23. The molecule has 1 aromatic rings. The summed E-state index contributed by atoms with van der Waals surface area (Å²) < 4.78 is 32.1. The number of carboxylic acids is 1. The second-order valence-electron chi connectivity index (χ2n) is 5.25. The summed E-state index contributed by atoms with van der Waals surface area (Å²) in [6, 6.07) is 2.38. The van der Waals surface area contributed by atoms with E-state index in [0.29, 0.717) is 13.1 Å². The molecule has 2 atom stereocenters. The predicted molar refractivity (Wildman–Crippen MR) is 73.3 cm³/mol. The van der Waals surface area contributed by atoms with Gasteiger partial charge in [-0.2, -0.15) is 0 Å². The van der Waals surface area contributed by atoms with Crippen LogP contribution in [0.2, 0.25) is 0 Å². The van der Waals surface area contributed by atoms with E-state index in [-0.39, 0.29) is 12.2 Å². The fourth-order valence-electron chi connectivity index (χ4n) is 2.56. The molecule has 1 fully saturated rings. The third kappa shape index (κ3) is 3.91. The Morgan fingerprint density at radius 2 is 2.24 bits per heavy atom. The third-order valence-electron chi connectivity index (χ3n) is 3.64. The van der Waals surface area contributed by atoms with E-state index in [9.17, 15) is 18.7 Å². The molecule has 21 heavy (non-hydrogen) atoms. The van der Waals surface area contributed by atoms with E-state index < -0.39 is 29.7 Å². The van der Waals surface area contributed by atoms with Crippen LogP contribution in [-0.2, 0) is 4.79 Å². The summed E-state index contributed by atoms with van der Waals surface area (Å²) in [4.78, 5) is 13.1. The first-order valence-corrected chi connectivity index (χ1v) is 7.09. The lowest BCUT2D eigenvalue weighted by Gasteiger charge is -2.20. The smallest absolute Gasteiger partial charge is 0.321 e. The van der Waals surface area contributed by atoms with Crippen LogP contribution in [0.1, 0.15) is 26.2 Å². The zero-order chi connectivity index (χ0) is 15.4. The van der Waals surface area contributed by atoms with E-state index in [1.54, 1.807) is 0 Å². The van der Waals surface area contributed by atoms with Crippen LogP contribution in [0, 0.1) is 11.6 Å². The van der Waals surface area contributed by atoms with Crippen LogP contribution in [-0.4, -0.2) is 41.2 Å². The number of benzene rings is 1. The van der Waals surface area contributed by atoms with Crippen molar-refractivity contribution in [2.75, 3.05) is 13.1 Å². The maximum Gasteiger partial charge on any atom is 0.321 e. The number of carbonyl (C=O) groups is 1. The first kappa shape index (κ1) is 15.7. The maximum absolute atomic E-state index is 13.6. The van der Waals surface area contributed by atoms with Gasteiger partial charge in [-0.25, -0.2) is 8.78 Å². The highest BCUT2D eigenvalue weighted by Crippen LogP contribution is 2.26. The molecule has 0 bridgehead atoms. The van der Waals surface area contributed by atoms with Crippen molar-refractivity contribution in [1.29, 1.82) is 0 Å². The number of unbranched alkanes of at least 4 members (excludes halogenated alkanes) is 1. The SMILES string of the molecule is CCCCN1C[C@H](Oc2cc(F)ccc2F)C[C@H]1C(=O)O. The molecular formula is C15H19F2NO3. The zero-order valence-electron chi connectivity index (χ0n) is 11.9. The van der Waals surface area contributed by atoms with Crippen LogP contribution in [0.4, 0.5) is 8.78 Å². The number of hydrogen-bond acceptors (Lipinski definition) is 3. The van der Waals surface area contributed by atoms with Gasteiger partial charge in [0.1, 0.15) is 18.0 Å². The Balaban J connectivity index is 2.04. The van der Waals surface area contributed by atoms with Crippen molar-refractivity contribution in [3.63, 3.8) is 0 Å². The van der Waals surface area contributed by atoms with Gasteiger partial charge in [0.2, 0.25) is 0 Å². The van der Waals surface area contributed by atoms with Crippen molar-refractivity contribution in [2.24, 2.45) is 0 Å². The molecule has 116 valence electrons. The Labute approximate surface area is 122 Å². The van der Waals surface area contributed by atoms with E-state index in [1.165, 1.54) is 0 Å². The Hall–Kier alpha value is -1.69. The molecule has 1 aromatic carbocycles. The fraction of sp³-hybridized carbons (Fsp3) is 0.533. The highest BCUT2D eigenvalue weighted by molar-refractivity contribution is 5.74.